The van der Waals surface area contributed by atoms with Crippen LogP contribution in [0.1, 0.15) is 11.1 Å². The maximum atomic E-state index is 12.2. The molecule has 1 aliphatic heterocycles. The fraction of sp³-hybridized carbons (Fsp3) is 0.0500. The number of anilines is 1. The topological polar surface area (TPSA) is 74.6 Å². The summed E-state index contributed by atoms with van der Waals surface area (Å²) in [6.45, 7) is -0.0909. The third kappa shape index (κ3) is 3.88. The van der Waals surface area contributed by atoms with Gasteiger partial charge >= 0.3 is 0 Å². The molecule has 0 unspecified atom stereocenters. The predicted octanol–water partition coefficient (Wildman–Crippen LogP) is 4.46. The van der Waals surface area contributed by atoms with Crippen LogP contribution >= 0.6 is 23.4 Å². The van der Waals surface area contributed by atoms with Crippen LogP contribution in [0.4, 0.5) is 5.69 Å². The molecule has 0 aliphatic carbocycles. The highest BCUT2D eigenvalue weighted by Crippen LogP contribution is 2.32. The van der Waals surface area contributed by atoms with Gasteiger partial charge in [-0.15, -0.1) is 0 Å². The van der Waals surface area contributed by atoms with Crippen LogP contribution in [0.3, 0.4) is 0 Å². The number of halogens is 1. The summed E-state index contributed by atoms with van der Waals surface area (Å²) in [7, 11) is 0. The molecule has 1 amide bonds. The first-order valence-electron chi connectivity index (χ1n) is 8.16. The number of aliphatic imine (C=N–C) groups is 1. The number of nitrogens with one attached hydrogen (secondary N) is 1. The van der Waals surface area contributed by atoms with Crippen molar-refractivity contribution in [2.24, 2.45) is 4.99 Å². The number of amidine groups is 1. The van der Waals surface area contributed by atoms with E-state index in [-0.39, 0.29) is 12.5 Å². The molecule has 1 aliphatic rings. The molecule has 3 aromatic rings. The summed E-state index contributed by atoms with van der Waals surface area (Å²) in [4.78, 5) is 21.1. The molecule has 7 heteroatoms. The molecular weight excluding hydrogens is 382 g/mol. The van der Waals surface area contributed by atoms with E-state index in [4.69, 9.17) is 11.6 Å². The van der Waals surface area contributed by atoms with Gasteiger partial charge in [-0.25, -0.2) is 0 Å². The van der Waals surface area contributed by atoms with E-state index in [0.717, 1.165) is 22.0 Å². The van der Waals surface area contributed by atoms with E-state index in [0.29, 0.717) is 20.8 Å². The number of aliphatic hydroxyl groups excluding tert-OH is 1. The molecule has 27 heavy (non-hydrogen) atoms. The summed E-state index contributed by atoms with van der Waals surface area (Å²) in [5, 5.41) is 14.3. The number of carbonyl (C=O) groups excluding carboxylic acids is 1. The number of aromatic nitrogens is 1. The molecule has 134 valence electrons. The summed E-state index contributed by atoms with van der Waals surface area (Å²) in [5.41, 5.74) is 3.13. The number of amides is 1. The zero-order valence-electron chi connectivity index (χ0n) is 14.0. The number of hydrogen-bond donors (Lipinski definition) is 2. The first-order valence-corrected chi connectivity index (χ1v) is 9.35. The predicted molar refractivity (Wildman–Crippen MR) is 111 cm³/mol. The van der Waals surface area contributed by atoms with Crippen molar-refractivity contribution in [1.82, 2.24) is 4.98 Å². The monoisotopic (exact) mass is 395 g/mol. The summed E-state index contributed by atoms with van der Waals surface area (Å²) < 4.78 is 0. The summed E-state index contributed by atoms with van der Waals surface area (Å²) in [5.74, 6) is -0.303. The molecule has 4 rings (SSSR count). The van der Waals surface area contributed by atoms with Crippen molar-refractivity contribution >= 4 is 57.1 Å². The highest BCUT2D eigenvalue weighted by molar-refractivity contribution is 8.18. The molecule has 0 saturated heterocycles. The zero-order chi connectivity index (χ0) is 18.8. The minimum absolute atomic E-state index is 0.0909. The second-order valence-corrected chi connectivity index (χ2v) is 7.32. The lowest BCUT2D eigenvalue weighted by atomic mass is 10.1. The number of carbonyl (C=O) groups is 1. The molecule has 2 aromatic carbocycles. The Labute approximate surface area is 164 Å². The van der Waals surface area contributed by atoms with Crippen LogP contribution in [0.25, 0.3) is 17.0 Å². The first-order chi connectivity index (χ1) is 13.1. The number of fused-ring (bicyclic) bond motifs is 1. The fourth-order valence-corrected chi connectivity index (χ4v) is 3.67. The third-order valence-corrected chi connectivity index (χ3v) is 5.23. The van der Waals surface area contributed by atoms with Crippen molar-refractivity contribution in [2.75, 3.05) is 5.32 Å². The van der Waals surface area contributed by atoms with Gasteiger partial charge in [0.1, 0.15) is 0 Å². The molecule has 2 heterocycles. The molecule has 1 aromatic heterocycles. The second-order valence-electron chi connectivity index (χ2n) is 5.89. The van der Waals surface area contributed by atoms with Crippen LogP contribution in [-0.2, 0) is 11.4 Å². The number of hydrogen-bond acceptors (Lipinski definition) is 5. The van der Waals surface area contributed by atoms with Gasteiger partial charge in [-0.1, -0.05) is 29.8 Å². The van der Waals surface area contributed by atoms with Crippen LogP contribution in [0, 0.1) is 0 Å². The minimum Gasteiger partial charge on any atom is -0.392 e. The number of aliphatic hydroxyl groups is 1. The van der Waals surface area contributed by atoms with Crippen LogP contribution in [0.15, 0.2) is 64.6 Å². The van der Waals surface area contributed by atoms with Crippen molar-refractivity contribution in [2.45, 2.75) is 6.61 Å². The van der Waals surface area contributed by atoms with Gasteiger partial charge in [0.15, 0.2) is 5.17 Å². The lowest BCUT2D eigenvalue weighted by Crippen LogP contribution is -2.05. The van der Waals surface area contributed by atoms with Gasteiger partial charge in [0.25, 0.3) is 5.91 Å². The van der Waals surface area contributed by atoms with Crippen molar-refractivity contribution in [3.05, 3.63) is 75.8 Å². The Kier molecular flexibility index (Phi) is 4.94. The highest BCUT2D eigenvalue weighted by Gasteiger charge is 2.22. The number of thioether (sulfide) groups is 1. The molecule has 5 nitrogen and oxygen atoms in total. The Hall–Kier alpha value is -2.67. The lowest BCUT2D eigenvalue weighted by Gasteiger charge is -2.08. The summed E-state index contributed by atoms with van der Waals surface area (Å²) in [6, 6.07) is 14.8. The SMILES string of the molecule is O=C1N=C(Nc2cc(CO)ccc2Cl)S/C1=C\c1ccc2ncccc2c1. The van der Waals surface area contributed by atoms with Crippen LogP contribution in [0.5, 0.6) is 0 Å². The van der Waals surface area contributed by atoms with Gasteiger partial charge in [0, 0.05) is 11.6 Å². The molecular formula is C20H14ClN3O2S. The molecule has 0 radical (unpaired) electrons. The van der Waals surface area contributed by atoms with Gasteiger partial charge in [-0.05, 0) is 59.3 Å². The van der Waals surface area contributed by atoms with E-state index in [2.05, 4.69) is 15.3 Å². The van der Waals surface area contributed by atoms with Gasteiger partial charge < -0.3 is 10.4 Å². The molecule has 0 fully saturated rings. The number of nitrogens with zero attached hydrogens (tertiary/aromatic N) is 2. The molecule has 0 bridgehead atoms. The Morgan fingerprint density at radius 3 is 2.93 bits per heavy atom. The van der Waals surface area contributed by atoms with Crippen molar-refractivity contribution in [1.29, 1.82) is 0 Å². The fourth-order valence-electron chi connectivity index (χ4n) is 2.68. The number of benzene rings is 2. The molecule has 0 atom stereocenters. The number of pyridine rings is 1. The van der Waals surface area contributed by atoms with E-state index in [1.807, 2.05) is 36.4 Å². The Morgan fingerprint density at radius 2 is 2.07 bits per heavy atom. The standard InChI is InChI=1S/C20H14ClN3O2S/c21-15-5-3-13(11-25)9-17(15)23-20-24-19(26)18(27-20)10-12-4-6-16-14(8-12)2-1-7-22-16/h1-10,25H,11H2,(H,23,24,26)/b18-10-. The maximum Gasteiger partial charge on any atom is 0.286 e. The third-order valence-electron chi connectivity index (χ3n) is 4.00. The van der Waals surface area contributed by atoms with E-state index >= 15 is 0 Å². The van der Waals surface area contributed by atoms with Crippen molar-refractivity contribution < 1.29 is 9.90 Å². The summed E-state index contributed by atoms with van der Waals surface area (Å²) >= 11 is 7.43. The van der Waals surface area contributed by atoms with Crippen LogP contribution in [-0.4, -0.2) is 21.2 Å². The van der Waals surface area contributed by atoms with Crippen molar-refractivity contribution in [3.8, 4) is 0 Å². The van der Waals surface area contributed by atoms with E-state index in [9.17, 15) is 9.90 Å². The number of rotatable bonds is 3. The van der Waals surface area contributed by atoms with E-state index in [1.165, 1.54) is 11.8 Å². The van der Waals surface area contributed by atoms with Gasteiger partial charge in [-0.2, -0.15) is 4.99 Å². The second kappa shape index (κ2) is 7.52. The first kappa shape index (κ1) is 17.7. The normalized spacial score (nSPS) is 15.4. The van der Waals surface area contributed by atoms with Gasteiger partial charge in [0.2, 0.25) is 0 Å². The maximum absolute atomic E-state index is 12.2. The van der Waals surface area contributed by atoms with Crippen LogP contribution in [0.2, 0.25) is 5.02 Å². The Balaban J connectivity index is 1.55. The smallest absolute Gasteiger partial charge is 0.286 e. The average molecular weight is 396 g/mol. The average Bonchev–Trinajstić information content (AvgIpc) is 3.02. The molecule has 0 saturated carbocycles. The quantitative estimate of drug-likeness (QED) is 0.640. The van der Waals surface area contributed by atoms with E-state index < -0.39 is 0 Å². The van der Waals surface area contributed by atoms with Gasteiger partial charge in [0.05, 0.1) is 27.7 Å². The zero-order valence-corrected chi connectivity index (χ0v) is 15.6. The summed E-state index contributed by atoms with van der Waals surface area (Å²) in [6.07, 6.45) is 3.56. The largest absolute Gasteiger partial charge is 0.392 e. The van der Waals surface area contributed by atoms with Gasteiger partial charge in [-0.3, -0.25) is 9.78 Å². The van der Waals surface area contributed by atoms with Crippen LogP contribution < -0.4 is 5.32 Å². The lowest BCUT2D eigenvalue weighted by molar-refractivity contribution is -0.113. The minimum atomic E-state index is -0.303. The van der Waals surface area contributed by atoms with E-state index in [1.54, 1.807) is 24.4 Å². The highest BCUT2D eigenvalue weighted by atomic mass is 35.5. The molecule has 2 N–H and O–H groups in total. The van der Waals surface area contributed by atoms with Crippen molar-refractivity contribution in [3.63, 3.8) is 0 Å². The Bertz CT molecular complexity index is 1110. The molecule has 0 spiro atoms. The Morgan fingerprint density at radius 1 is 1.19 bits per heavy atom.